The molecule has 0 atom stereocenters. The predicted octanol–water partition coefficient (Wildman–Crippen LogP) is 6.38. The summed E-state index contributed by atoms with van der Waals surface area (Å²) < 4.78 is 0. The first-order valence-corrected chi connectivity index (χ1v) is 10.2. The van der Waals surface area contributed by atoms with E-state index in [0.29, 0.717) is 5.56 Å². The monoisotopic (exact) mass is 396 g/mol. The zero-order chi connectivity index (χ0) is 18.1. The third-order valence-corrected chi connectivity index (χ3v) is 7.48. The van der Waals surface area contributed by atoms with E-state index < -0.39 is 5.97 Å². The van der Waals surface area contributed by atoms with Crippen molar-refractivity contribution in [3.05, 3.63) is 71.1 Å². The van der Waals surface area contributed by atoms with E-state index in [9.17, 15) is 9.59 Å². The third kappa shape index (κ3) is 3.26. The average molecular weight is 397 g/mol. The predicted molar refractivity (Wildman–Crippen MR) is 109 cm³/mol. The zero-order valence-corrected chi connectivity index (χ0v) is 15.8. The van der Waals surface area contributed by atoms with Gasteiger partial charge in [-0.25, -0.2) is 4.79 Å². The van der Waals surface area contributed by atoms with Gasteiger partial charge in [-0.1, -0.05) is 12.1 Å². The summed E-state index contributed by atoms with van der Waals surface area (Å²) in [6, 6.07) is 19.1. The van der Waals surface area contributed by atoms with Crippen LogP contribution in [0.15, 0.2) is 60.7 Å². The van der Waals surface area contributed by atoms with Crippen LogP contribution in [0.3, 0.4) is 0 Å². The molecule has 1 aromatic carbocycles. The summed E-state index contributed by atoms with van der Waals surface area (Å²) in [4.78, 5) is 28.3. The average Bonchev–Trinajstić information content (AvgIpc) is 3.40. The van der Waals surface area contributed by atoms with Crippen molar-refractivity contribution in [2.24, 2.45) is 0 Å². The molecule has 4 aromatic rings. The van der Waals surface area contributed by atoms with Crippen molar-refractivity contribution in [1.29, 1.82) is 0 Å². The number of rotatable bonds is 5. The summed E-state index contributed by atoms with van der Waals surface area (Å²) in [6.07, 6.45) is 0.879. The maximum Gasteiger partial charge on any atom is 0.335 e. The molecule has 0 fully saturated rings. The van der Waals surface area contributed by atoms with Crippen molar-refractivity contribution in [3.8, 4) is 29.9 Å². The Labute approximate surface area is 161 Å². The summed E-state index contributed by atoms with van der Waals surface area (Å²) in [5.74, 6) is -0.916. The molecule has 128 valence electrons. The molecule has 0 radical (unpaired) electrons. The van der Waals surface area contributed by atoms with Crippen molar-refractivity contribution >= 4 is 46.3 Å². The van der Waals surface area contributed by atoms with Crippen LogP contribution in [0.2, 0.25) is 0 Å². The first-order chi connectivity index (χ1) is 12.6. The number of aldehydes is 1. The number of carbonyl (C=O) groups is 2. The fraction of sp³-hybridized carbons (Fsp3) is 0. The topological polar surface area (TPSA) is 54.4 Å². The molecule has 0 aliphatic carbocycles. The van der Waals surface area contributed by atoms with Crippen LogP contribution in [-0.4, -0.2) is 17.4 Å². The Balaban J connectivity index is 1.60. The van der Waals surface area contributed by atoms with Crippen LogP contribution in [0, 0.1) is 0 Å². The summed E-state index contributed by atoms with van der Waals surface area (Å²) in [5.41, 5.74) is 1.30. The van der Waals surface area contributed by atoms with Gasteiger partial charge in [0.25, 0.3) is 0 Å². The summed E-state index contributed by atoms with van der Waals surface area (Å²) in [6.45, 7) is 0. The molecule has 0 amide bonds. The van der Waals surface area contributed by atoms with Crippen LogP contribution in [0.1, 0.15) is 20.0 Å². The van der Waals surface area contributed by atoms with Gasteiger partial charge in [0.1, 0.15) is 0 Å². The molecule has 4 rings (SSSR count). The lowest BCUT2D eigenvalue weighted by molar-refractivity contribution is 0.0696. The van der Waals surface area contributed by atoms with E-state index in [1.807, 2.05) is 24.3 Å². The lowest BCUT2D eigenvalue weighted by Crippen LogP contribution is -1.94. The van der Waals surface area contributed by atoms with E-state index in [0.717, 1.165) is 31.4 Å². The van der Waals surface area contributed by atoms with Gasteiger partial charge in [0, 0.05) is 24.4 Å². The SMILES string of the molecule is O=Cc1ccc(-c2ccc(-c3ccc(-c4ccc(C(=O)O)cc4)s3)s2)s1. The zero-order valence-electron chi connectivity index (χ0n) is 13.3. The number of carbonyl (C=O) groups excluding carboxylic acids is 1. The first-order valence-electron chi connectivity index (χ1n) is 7.73. The van der Waals surface area contributed by atoms with E-state index in [-0.39, 0.29) is 0 Å². The molecule has 0 bridgehead atoms. The van der Waals surface area contributed by atoms with Crippen LogP contribution in [0.4, 0.5) is 0 Å². The molecule has 6 heteroatoms. The highest BCUT2D eigenvalue weighted by Gasteiger charge is 2.11. The largest absolute Gasteiger partial charge is 0.478 e. The molecular weight excluding hydrogens is 384 g/mol. The minimum Gasteiger partial charge on any atom is -0.478 e. The second-order valence-corrected chi connectivity index (χ2v) is 8.81. The van der Waals surface area contributed by atoms with Gasteiger partial charge in [-0.15, -0.1) is 34.0 Å². The minimum absolute atomic E-state index is 0.291. The van der Waals surface area contributed by atoms with Crippen molar-refractivity contribution < 1.29 is 14.7 Å². The van der Waals surface area contributed by atoms with Gasteiger partial charge >= 0.3 is 5.97 Å². The van der Waals surface area contributed by atoms with Crippen LogP contribution in [0.25, 0.3) is 29.9 Å². The Morgan fingerprint density at radius 2 is 1.19 bits per heavy atom. The van der Waals surface area contributed by atoms with Gasteiger partial charge in [-0.3, -0.25) is 4.79 Å². The van der Waals surface area contributed by atoms with E-state index in [1.54, 1.807) is 34.8 Å². The molecule has 0 aliphatic heterocycles. The fourth-order valence-electron chi connectivity index (χ4n) is 2.55. The molecule has 0 unspecified atom stereocenters. The Bertz CT molecular complexity index is 1080. The van der Waals surface area contributed by atoms with Crippen LogP contribution < -0.4 is 0 Å². The van der Waals surface area contributed by atoms with Crippen LogP contribution in [-0.2, 0) is 0 Å². The highest BCUT2D eigenvalue weighted by Crippen LogP contribution is 2.41. The lowest BCUT2D eigenvalue weighted by atomic mass is 10.1. The first kappa shape index (κ1) is 16.9. The molecule has 3 nitrogen and oxygen atoms in total. The number of carboxylic acids is 1. The fourth-order valence-corrected chi connectivity index (χ4v) is 5.57. The summed E-state index contributed by atoms with van der Waals surface area (Å²) in [7, 11) is 0. The second kappa shape index (κ2) is 6.99. The van der Waals surface area contributed by atoms with Gasteiger partial charge in [0.05, 0.1) is 10.4 Å². The van der Waals surface area contributed by atoms with E-state index in [4.69, 9.17) is 5.11 Å². The van der Waals surface area contributed by atoms with Crippen molar-refractivity contribution in [1.82, 2.24) is 0 Å². The van der Waals surface area contributed by atoms with Crippen molar-refractivity contribution in [2.75, 3.05) is 0 Å². The quantitative estimate of drug-likeness (QED) is 0.398. The van der Waals surface area contributed by atoms with Gasteiger partial charge in [0.2, 0.25) is 0 Å². The highest BCUT2D eigenvalue weighted by atomic mass is 32.1. The molecule has 26 heavy (non-hydrogen) atoms. The number of benzene rings is 1. The Hall–Kier alpha value is -2.54. The highest BCUT2D eigenvalue weighted by molar-refractivity contribution is 7.27. The minimum atomic E-state index is -0.916. The Morgan fingerprint density at radius 1 is 0.692 bits per heavy atom. The third-order valence-electron chi connectivity index (χ3n) is 3.86. The van der Waals surface area contributed by atoms with Crippen LogP contribution >= 0.6 is 34.0 Å². The smallest absolute Gasteiger partial charge is 0.335 e. The number of aromatic carboxylic acids is 1. The van der Waals surface area contributed by atoms with Gasteiger partial charge in [-0.05, 0) is 54.1 Å². The molecule has 3 heterocycles. The lowest BCUT2D eigenvalue weighted by Gasteiger charge is -1.98. The van der Waals surface area contributed by atoms with Crippen molar-refractivity contribution in [3.63, 3.8) is 0 Å². The van der Waals surface area contributed by atoms with Gasteiger partial charge in [0.15, 0.2) is 6.29 Å². The summed E-state index contributed by atoms with van der Waals surface area (Å²) >= 11 is 4.88. The Morgan fingerprint density at radius 3 is 1.73 bits per heavy atom. The maximum atomic E-state index is 11.0. The molecule has 0 saturated carbocycles. The van der Waals surface area contributed by atoms with Crippen molar-refractivity contribution in [2.45, 2.75) is 0 Å². The number of hydrogen-bond acceptors (Lipinski definition) is 5. The second-order valence-electron chi connectivity index (χ2n) is 5.53. The van der Waals surface area contributed by atoms with Gasteiger partial charge in [-0.2, -0.15) is 0 Å². The van der Waals surface area contributed by atoms with Crippen LogP contribution in [0.5, 0.6) is 0 Å². The number of hydrogen-bond donors (Lipinski definition) is 1. The molecular formula is C20H12O3S3. The number of carboxylic acid groups (broad SMARTS) is 1. The molecule has 0 saturated heterocycles. The normalized spacial score (nSPS) is 10.8. The Kier molecular flexibility index (Phi) is 4.55. The molecule has 0 spiro atoms. The van der Waals surface area contributed by atoms with Gasteiger partial charge < -0.3 is 5.11 Å². The standard InChI is InChI=1S/C20H12O3S3/c21-11-14-5-6-16(24-14)17-9-10-19(26-17)18-8-7-15(25-18)12-1-3-13(4-2-12)20(22)23/h1-11H,(H,22,23). The van der Waals surface area contributed by atoms with E-state index >= 15 is 0 Å². The molecule has 1 N–H and O–H groups in total. The maximum absolute atomic E-state index is 11.0. The summed E-state index contributed by atoms with van der Waals surface area (Å²) in [5, 5.41) is 9.00. The molecule has 0 aliphatic rings. The molecule has 3 aromatic heterocycles. The van der Waals surface area contributed by atoms with E-state index in [2.05, 4.69) is 24.3 Å². The van der Waals surface area contributed by atoms with E-state index in [1.165, 1.54) is 21.1 Å². The number of thiophene rings is 3.